The van der Waals surface area contributed by atoms with Gasteiger partial charge in [-0.25, -0.2) is 4.98 Å². The Balaban J connectivity index is 2.29. The number of likely N-dealkylation sites (tertiary alicyclic amines) is 1. The zero-order valence-corrected chi connectivity index (χ0v) is 11.1. The number of piperidine rings is 1. The molecule has 1 unspecified atom stereocenters. The molecule has 1 aliphatic heterocycles. The molecule has 1 aromatic rings. The molecule has 94 valence electrons. The van der Waals surface area contributed by atoms with E-state index in [-0.39, 0.29) is 0 Å². The van der Waals surface area contributed by atoms with E-state index in [1.807, 2.05) is 12.3 Å². The lowest BCUT2D eigenvalue weighted by Gasteiger charge is -2.39. The van der Waals surface area contributed by atoms with E-state index >= 15 is 0 Å². The Morgan fingerprint density at radius 3 is 2.82 bits per heavy atom. The molecule has 1 aliphatic rings. The Labute approximate surface area is 104 Å². The van der Waals surface area contributed by atoms with E-state index in [0.717, 1.165) is 0 Å². The molecule has 0 amide bonds. The van der Waals surface area contributed by atoms with Gasteiger partial charge in [0, 0.05) is 18.3 Å². The molecule has 1 aromatic heterocycles. The number of aryl methyl sites for hydroxylation is 1. The van der Waals surface area contributed by atoms with E-state index in [2.05, 4.69) is 30.7 Å². The van der Waals surface area contributed by atoms with Crippen molar-refractivity contribution < 1.29 is 0 Å². The Kier molecular flexibility index (Phi) is 3.67. The highest BCUT2D eigenvalue weighted by molar-refractivity contribution is 5.37. The predicted octanol–water partition coefficient (Wildman–Crippen LogP) is 2.91. The molecule has 0 aliphatic carbocycles. The monoisotopic (exact) mass is 233 g/mol. The Morgan fingerprint density at radius 2 is 2.18 bits per heavy atom. The number of anilines is 1. The molecule has 17 heavy (non-hydrogen) atoms. The van der Waals surface area contributed by atoms with Gasteiger partial charge in [-0.2, -0.15) is 0 Å². The number of nitrogens with two attached hydrogens (primary N) is 1. The summed E-state index contributed by atoms with van der Waals surface area (Å²) in [6.07, 6.45) is 5.84. The zero-order valence-electron chi connectivity index (χ0n) is 11.1. The first-order chi connectivity index (χ1) is 8.09. The minimum Gasteiger partial charge on any atom is -0.384 e. The number of pyridine rings is 1. The summed E-state index contributed by atoms with van der Waals surface area (Å²) in [5.74, 6) is 0.623. The molecule has 0 aromatic carbocycles. The molecule has 1 fully saturated rings. The highest BCUT2D eigenvalue weighted by Crippen LogP contribution is 2.33. The second-order valence-corrected chi connectivity index (χ2v) is 5.31. The van der Waals surface area contributed by atoms with E-state index in [0.29, 0.717) is 17.9 Å². The van der Waals surface area contributed by atoms with Crippen LogP contribution < -0.4 is 5.73 Å². The van der Waals surface area contributed by atoms with Gasteiger partial charge in [0.25, 0.3) is 0 Å². The molecule has 2 rings (SSSR count). The van der Waals surface area contributed by atoms with E-state index in [1.54, 1.807) is 0 Å². The molecule has 3 heteroatoms. The molecule has 3 nitrogen and oxygen atoms in total. The number of nitrogen functional groups attached to an aromatic ring is 1. The van der Waals surface area contributed by atoms with E-state index in [9.17, 15) is 0 Å². The maximum absolute atomic E-state index is 5.73. The molecule has 0 saturated carbocycles. The first kappa shape index (κ1) is 12.4. The van der Waals surface area contributed by atoms with Gasteiger partial charge >= 0.3 is 0 Å². The Bertz CT molecular complexity index is 387. The number of hydrogen-bond donors (Lipinski definition) is 1. The van der Waals surface area contributed by atoms with Crippen molar-refractivity contribution in [1.29, 1.82) is 0 Å². The van der Waals surface area contributed by atoms with Gasteiger partial charge in [0.05, 0.1) is 0 Å². The summed E-state index contributed by atoms with van der Waals surface area (Å²) < 4.78 is 0. The van der Waals surface area contributed by atoms with Crippen molar-refractivity contribution in [2.24, 2.45) is 0 Å². The molecule has 1 atom stereocenters. The summed E-state index contributed by atoms with van der Waals surface area (Å²) in [6, 6.07) is 3.11. The van der Waals surface area contributed by atoms with Crippen LogP contribution in [0.2, 0.25) is 0 Å². The van der Waals surface area contributed by atoms with Crippen LogP contribution in [0.4, 0.5) is 5.82 Å². The van der Waals surface area contributed by atoms with Crippen molar-refractivity contribution >= 4 is 5.82 Å². The van der Waals surface area contributed by atoms with Crippen LogP contribution >= 0.6 is 0 Å². The standard InChI is InChI=1S/C14H23N3/c1-10(2)17-7-5-4-6-13(17)12-9-16-14(15)8-11(12)3/h8-10,13H,4-7H2,1-3H3,(H2,15,16). The smallest absolute Gasteiger partial charge is 0.123 e. The van der Waals surface area contributed by atoms with Crippen LogP contribution in [0.25, 0.3) is 0 Å². The third-order valence-electron chi connectivity index (χ3n) is 3.74. The first-order valence-electron chi connectivity index (χ1n) is 6.57. The fourth-order valence-corrected chi connectivity index (χ4v) is 2.84. The second-order valence-electron chi connectivity index (χ2n) is 5.31. The van der Waals surface area contributed by atoms with Crippen molar-refractivity contribution in [1.82, 2.24) is 9.88 Å². The first-order valence-corrected chi connectivity index (χ1v) is 6.57. The quantitative estimate of drug-likeness (QED) is 0.854. The summed E-state index contributed by atoms with van der Waals surface area (Å²) in [4.78, 5) is 6.85. The highest BCUT2D eigenvalue weighted by atomic mass is 15.2. The predicted molar refractivity (Wildman–Crippen MR) is 71.8 cm³/mol. The van der Waals surface area contributed by atoms with Gasteiger partial charge in [0.15, 0.2) is 0 Å². The zero-order chi connectivity index (χ0) is 12.4. The maximum atomic E-state index is 5.73. The SMILES string of the molecule is Cc1cc(N)ncc1C1CCCCN1C(C)C. The molecule has 0 radical (unpaired) electrons. The Morgan fingerprint density at radius 1 is 1.41 bits per heavy atom. The third kappa shape index (κ3) is 2.60. The van der Waals surface area contributed by atoms with Crippen molar-refractivity contribution in [3.05, 3.63) is 23.4 Å². The minimum absolute atomic E-state index is 0.525. The van der Waals surface area contributed by atoms with Crippen LogP contribution in [0.5, 0.6) is 0 Å². The summed E-state index contributed by atoms with van der Waals surface area (Å²) >= 11 is 0. The molecule has 0 bridgehead atoms. The van der Waals surface area contributed by atoms with Crippen molar-refractivity contribution in [3.8, 4) is 0 Å². The summed E-state index contributed by atoms with van der Waals surface area (Å²) in [5, 5.41) is 0. The second kappa shape index (κ2) is 5.05. The van der Waals surface area contributed by atoms with Gasteiger partial charge in [-0.05, 0) is 57.4 Å². The van der Waals surface area contributed by atoms with Crippen molar-refractivity contribution in [2.75, 3.05) is 12.3 Å². The van der Waals surface area contributed by atoms with Crippen LogP contribution in [0.1, 0.15) is 50.3 Å². The van der Waals surface area contributed by atoms with Gasteiger partial charge in [-0.15, -0.1) is 0 Å². The van der Waals surface area contributed by atoms with Crippen LogP contribution in [-0.2, 0) is 0 Å². The molecule has 1 saturated heterocycles. The summed E-state index contributed by atoms with van der Waals surface area (Å²) in [6.45, 7) is 7.89. The minimum atomic E-state index is 0.525. The van der Waals surface area contributed by atoms with Crippen LogP contribution in [0, 0.1) is 6.92 Å². The van der Waals surface area contributed by atoms with E-state index < -0.39 is 0 Å². The average molecular weight is 233 g/mol. The van der Waals surface area contributed by atoms with E-state index in [1.165, 1.54) is 36.9 Å². The molecule has 0 spiro atoms. The summed E-state index contributed by atoms with van der Waals surface area (Å²) in [5.41, 5.74) is 8.35. The largest absolute Gasteiger partial charge is 0.384 e. The lowest BCUT2D eigenvalue weighted by molar-refractivity contribution is 0.111. The van der Waals surface area contributed by atoms with E-state index in [4.69, 9.17) is 5.73 Å². The van der Waals surface area contributed by atoms with Gasteiger partial charge in [-0.1, -0.05) is 6.42 Å². The molecular weight excluding hydrogens is 210 g/mol. The van der Waals surface area contributed by atoms with Crippen LogP contribution in [0.15, 0.2) is 12.3 Å². The molecule has 2 N–H and O–H groups in total. The topological polar surface area (TPSA) is 42.1 Å². The van der Waals surface area contributed by atoms with Gasteiger partial charge < -0.3 is 5.73 Å². The number of hydrogen-bond acceptors (Lipinski definition) is 3. The van der Waals surface area contributed by atoms with Crippen molar-refractivity contribution in [3.63, 3.8) is 0 Å². The van der Waals surface area contributed by atoms with Gasteiger partial charge in [-0.3, -0.25) is 4.90 Å². The number of nitrogens with zero attached hydrogens (tertiary/aromatic N) is 2. The number of aromatic nitrogens is 1. The molecular formula is C14H23N3. The lowest BCUT2D eigenvalue weighted by atomic mass is 9.92. The third-order valence-corrected chi connectivity index (χ3v) is 3.74. The number of rotatable bonds is 2. The summed E-state index contributed by atoms with van der Waals surface area (Å²) in [7, 11) is 0. The van der Waals surface area contributed by atoms with Crippen molar-refractivity contribution in [2.45, 2.75) is 52.1 Å². The fourth-order valence-electron chi connectivity index (χ4n) is 2.84. The van der Waals surface area contributed by atoms with Crippen LogP contribution in [-0.4, -0.2) is 22.5 Å². The van der Waals surface area contributed by atoms with Crippen LogP contribution in [0.3, 0.4) is 0 Å². The van der Waals surface area contributed by atoms with Gasteiger partial charge in [0.1, 0.15) is 5.82 Å². The normalized spacial score (nSPS) is 22.0. The maximum Gasteiger partial charge on any atom is 0.123 e. The highest BCUT2D eigenvalue weighted by Gasteiger charge is 2.27. The lowest BCUT2D eigenvalue weighted by Crippen LogP contribution is -2.38. The molecule has 2 heterocycles. The fraction of sp³-hybridized carbons (Fsp3) is 0.643. The average Bonchev–Trinajstić information content (AvgIpc) is 2.29. The Hall–Kier alpha value is -1.09. The van der Waals surface area contributed by atoms with Gasteiger partial charge in [0.2, 0.25) is 0 Å².